The van der Waals surface area contributed by atoms with E-state index in [2.05, 4.69) is 5.32 Å². The van der Waals surface area contributed by atoms with Crippen LogP contribution in [0.15, 0.2) is 71.3 Å². The Morgan fingerprint density at radius 2 is 1.26 bits per heavy atom. The third-order valence-electron chi connectivity index (χ3n) is 5.45. The van der Waals surface area contributed by atoms with Gasteiger partial charge in [0, 0.05) is 43.0 Å². The second-order valence-corrected chi connectivity index (χ2v) is 7.67. The number of benzene rings is 2. The van der Waals surface area contributed by atoms with Crippen LogP contribution >= 0.6 is 0 Å². The summed E-state index contributed by atoms with van der Waals surface area (Å²) in [5.41, 5.74) is 0.286. The molecule has 0 atom stereocenters. The van der Waals surface area contributed by atoms with Crippen LogP contribution < -0.4 is 5.32 Å². The zero-order valence-corrected chi connectivity index (χ0v) is 17.8. The quantitative estimate of drug-likeness (QED) is 0.620. The first kappa shape index (κ1) is 23.1. The Kier molecular flexibility index (Phi) is 6.40. The van der Waals surface area contributed by atoms with Gasteiger partial charge in [-0.3, -0.25) is 14.4 Å². The molecule has 4 rings (SSSR count). The van der Waals surface area contributed by atoms with Crippen LogP contribution in [-0.4, -0.2) is 53.7 Å². The van der Waals surface area contributed by atoms with Crippen LogP contribution in [0.2, 0.25) is 0 Å². The maximum atomic E-state index is 12.8. The number of carbonyl (C=O) groups is 3. The van der Waals surface area contributed by atoms with Crippen LogP contribution in [0, 0.1) is 0 Å². The number of amides is 3. The van der Waals surface area contributed by atoms with Crippen molar-refractivity contribution in [3.8, 4) is 0 Å². The fraction of sp³-hybridized carbons (Fsp3) is 0.208. The van der Waals surface area contributed by atoms with E-state index in [1.165, 1.54) is 17.2 Å². The molecule has 10 heteroatoms. The summed E-state index contributed by atoms with van der Waals surface area (Å²) in [6.45, 7) is 1.12. The van der Waals surface area contributed by atoms with E-state index in [9.17, 15) is 27.6 Å². The summed E-state index contributed by atoms with van der Waals surface area (Å²) in [5, 5.41) is 2.67. The summed E-state index contributed by atoms with van der Waals surface area (Å²) in [7, 11) is 0. The van der Waals surface area contributed by atoms with Gasteiger partial charge in [0.05, 0.1) is 11.8 Å². The van der Waals surface area contributed by atoms with Gasteiger partial charge in [-0.15, -0.1) is 0 Å². The maximum Gasteiger partial charge on any atom is 0.416 e. The number of anilines is 1. The number of rotatable bonds is 4. The standard InChI is InChI=1S/C24H20F3N3O4/c25-24(26,27)18-7-3-16(4-8-18)22(32)29-11-13-30(14-12-29)23(33)17-5-9-19(10-6-17)28-21(31)20-2-1-15-34-20/h1-10,15H,11-14H2,(H,28,31). The molecule has 0 radical (unpaired) electrons. The van der Waals surface area contributed by atoms with Crippen molar-refractivity contribution in [1.29, 1.82) is 0 Å². The Labute approximate surface area is 192 Å². The minimum Gasteiger partial charge on any atom is -0.459 e. The van der Waals surface area contributed by atoms with Crippen molar-refractivity contribution < 1.29 is 32.0 Å². The van der Waals surface area contributed by atoms with E-state index < -0.39 is 17.6 Å². The van der Waals surface area contributed by atoms with Crippen LogP contribution in [0.4, 0.5) is 18.9 Å². The van der Waals surface area contributed by atoms with Crippen LogP contribution in [-0.2, 0) is 6.18 Å². The normalized spacial score (nSPS) is 14.1. The summed E-state index contributed by atoms with van der Waals surface area (Å²) in [5.74, 6) is -0.829. The fourth-order valence-electron chi connectivity index (χ4n) is 3.58. The first-order valence-electron chi connectivity index (χ1n) is 10.4. The monoisotopic (exact) mass is 471 g/mol. The van der Waals surface area contributed by atoms with Gasteiger partial charge in [-0.05, 0) is 60.7 Å². The van der Waals surface area contributed by atoms with Gasteiger partial charge < -0.3 is 19.5 Å². The molecule has 3 aromatic rings. The lowest BCUT2D eigenvalue weighted by molar-refractivity contribution is -0.137. The molecular weight excluding hydrogens is 451 g/mol. The molecule has 1 aliphatic rings. The van der Waals surface area contributed by atoms with Crippen molar-refractivity contribution >= 4 is 23.4 Å². The smallest absolute Gasteiger partial charge is 0.416 e. The lowest BCUT2D eigenvalue weighted by Gasteiger charge is -2.35. The van der Waals surface area contributed by atoms with E-state index in [1.54, 1.807) is 35.2 Å². The van der Waals surface area contributed by atoms with E-state index in [0.29, 0.717) is 24.3 Å². The first-order chi connectivity index (χ1) is 16.2. The number of halogens is 3. The molecule has 1 aromatic heterocycles. The van der Waals surface area contributed by atoms with Gasteiger partial charge >= 0.3 is 6.18 Å². The number of hydrogen-bond acceptors (Lipinski definition) is 4. The molecule has 1 aliphatic heterocycles. The molecule has 0 aliphatic carbocycles. The second kappa shape index (κ2) is 9.42. The molecule has 0 saturated carbocycles. The average molecular weight is 471 g/mol. The number of furan rings is 1. The van der Waals surface area contributed by atoms with Crippen molar-refractivity contribution in [1.82, 2.24) is 9.80 Å². The first-order valence-corrected chi connectivity index (χ1v) is 10.4. The van der Waals surface area contributed by atoms with Gasteiger partial charge in [0.25, 0.3) is 17.7 Å². The van der Waals surface area contributed by atoms with Crippen LogP contribution in [0.1, 0.15) is 36.8 Å². The van der Waals surface area contributed by atoms with Gasteiger partial charge in [0.2, 0.25) is 0 Å². The zero-order valence-electron chi connectivity index (χ0n) is 17.8. The summed E-state index contributed by atoms with van der Waals surface area (Å²) < 4.78 is 43.2. The minimum absolute atomic E-state index is 0.167. The highest BCUT2D eigenvalue weighted by Gasteiger charge is 2.31. The van der Waals surface area contributed by atoms with E-state index in [1.807, 2.05) is 0 Å². The van der Waals surface area contributed by atoms with E-state index >= 15 is 0 Å². The molecule has 2 aromatic carbocycles. The van der Waals surface area contributed by atoms with Gasteiger partial charge in [-0.25, -0.2) is 0 Å². The molecule has 2 heterocycles. The number of nitrogens with zero attached hydrogens (tertiary/aromatic N) is 2. The molecule has 1 saturated heterocycles. The number of carbonyl (C=O) groups excluding carboxylic acids is 3. The van der Waals surface area contributed by atoms with Crippen LogP contribution in [0.5, 0.6) is 0 Å². The van der Waals surface area contributed by atoms with Crippen LogP contribution in [0.3, 0.4) is 0 Å². The van der Waals surface area contributed by atoms with E-state index in [0.717, 1.165) is 24.3 Å². The Morgan fingerprint density at radius 3 is 1.71 bits per heavy atom. The lowest BCUT2D eigenvalue weighted by atomic mass is 10.1. The van der Waals surface area contributed by atoms with Gasteiger partial charge in [0.1, 0.15) is 0 Å². The van der Waals surface area contributed by atoms with Crippen LogP contribution in [0.25, 0.3) is 0 Å². The van der Waals surface area contributed by atoms with E-state index in [-0.39, 0.29) is 36.2 Å². The molecule has 176 valence electrons. The number of hydrogen-bond donors (Lipinski definition) is 1. The molecule has 0 unspecified atom stereocenters. The highest BCUT2D eigenvalue weighted by molar-refractivity contribution is 6.02. The molecule has 7 nitrogen and oxygen atoms in total. The number of piperazine rings is 1. The summed E-state index contributed by atoms with van der Waals surface area (Å²) >= 11 is 0. The molecule has 1 N–H and O–H groups in total. The van der Waals surface area contributed by atoms with Crippen molar-refractivity contribution in [2.24, 2.45) is 0 Å². The van der Waals surface area contributed by atoms with Gasteiger partial charge in [-0.1, -0.05) is 0 Å². The third-order valence-corrected chi connectivity index (χ3v) is 5.45. The highest BCUT2D eigenvalue weighted by Crippen LogP contribution is 2.29. The van der Waals surface area contributed by atoms with Crippen molar-refractivity contribution in [2.75, 3.05) is 31.5 Å². The van der Waals surface area contributed by atoms with Gasteiger partial charge in [-0.2, -0.15) is 13.2 Å². The van der Waals surface area contributed by atoms with Gasteiger partial charge in [0.15, 0.2) is 5.76 Å². The summed E-state index contributed by atoms with van der Waals surface area (Å²) in [4.78, 5) is 40.6. The lowest BCUT2D eigenvalue weighted by Crippen LogP contribution is -2.50. The highest BCUT2D eigenvalue weighted by atomic mass is 19.4. The number of alkyl halides is 3. The predicted molar refractivity (Wildman–Crippen MR) is 116 cm³/mol. The molecule has 0 spiro atoms. The third kappa shape index (κ3) is 5.11. The Morgan fingerprint density at radius 1 is 0.765 bits per heavy atom. The zero-order chi connectivity index (χ0) is 24.3. The second-order valence-electron chi connectivity index (χ2n) is 7.67. The fourth-order valence-corrected chi connectivity index (χ4v) is 3.58. The Balaban J connectivity index is 1.31. The predicted octanol–water partition coefficient (Wildman–Crippen LogP) is 4.15. The summed E-state index contributed by atoms with van der Waals surface area (Å²) in [6.07, 6.45) is -3.07. The molecule has 34 heavy (non-hydrogen) atoms. The average Bonchev–Trinajstić information content (AvgIpc) is 3.39. The molecule has 3 amide bonds. The van der Waals surface area contributed by atoms with Crippen molar-refractivity contribution in [2.45, 2.75) is 6.18 Å². The maximum absolute atomic E-state index is 12.8. The SMILES string of the molecule is O=C(Nc1ccc(C(=O)N2CCN(C(=O)c3ccc(C(F)(F)F)cc3)CC2)cc1)c1ccco1. The van der Waals surface area contributed by atoms with Crippen molar-refractivity contribution in [3.05, 3.63) is 89.4 Å². The number of nitrogens with one attached hydrogen (secondary N) is 1. The largest absolute Gasteiger partial charge is 0.459 e. The summed E-state index contributed by atoms with van der Waals surface area (Å²) in [6, 6.07) is 13.6. The Bertz CT molecular complexity index is 1170. The minimum atomic E-state index is -4.46. The Hall–Kier alpha value is -4.08. The topological polar surface area (TPSA) is 82.9 Å². The van der Waals surface area contributed by atoms with Crippen molar-refractivity contribution in [3.63, 3.8) is 0 Å². The molecule has 0 bridgehead atoms. The van der Waals surface area contributed by atoms with E-state index in [4.69, 9.17) is 4.42 Å². The molecular formula is C24H20F3N3O4. The molecule has 1 fully saturated rings.